The van der Waals surface area contributed by atoms with Crippen LogP contribution in [0.1, 0.15) is 36.0 Å². The molecule has 94 valence electrons. The number of halogens is 1. The zero-order chi connectivity index (χ0) is 12.5. The molecule has 0 aromatic heterocycles. The van der Waals surface area contributed by atoms with Gasteiger partial charge in [0.1, 0.15) is 5.75 Å². The predicted octanol–water partition coefficient (Wildman–Crippen LogP) is 3.08. The van der Waals surface area contributed by atoms with E-state index in [9.17, 15) is 9.90 Å². The van der Waals surface area contributed by atoms with Gasteiger partial charge in [-0.3, -0.25) is 4.79 Å². The van der Waals surface area contributed by atoms with Gasteiger partial charge in [0.2, 0.25) is 0 Å². The van der Waals surface area contributed by atoms with E-state index in [2.05, 4.69) is 21.2 Å². The minimum atomic E-state index is -0.124. The standard InChI is InChI=1S/C13H18BrNO2/c14-8-3-1-2-4-9-15-13(17)11-6-5-7-12(16)10-11/h5-7,10,16H,1-4,8-9H2,(H,15,17). The lowest BCUT2D eigenvalue weighted by molar-refractivity contribution is 0.0952. The third-order valence-electron chi connectivity index (χ3n) is 2.45. The van der Waals surface area contributed by atoms with Crippen LogP contribution >= 0.6 is 15.9 Å². The van der Waals surface area contributed by atoms with Gasteiger partial charge in [-0.25, -0.2) is 0 Å². The third-order valence-corrected chi connectivity index (χ3v) is 3.02. The van der Waals surface area contributed by atoms with E-state index in [-0.39, 0.29) is 11.7 Å². The number of aromatic hydroxyl groups is 1. The molecular weight excluding hydrogens is 282 g/mol. The molecule has 0 atom stereocenters. The van der Waals surface area contributed by atoms with Crippen molar-refractivity contribution in [3.05, 3.63) is 29.8 Å². The van der Waals surface area contributed by atoms with Crippen molar-refractivity contribution in [2.75, 3.05) is 11.9 Å². The Morgan fingerprint density at radius 1 is 1.24 bits per heavy atom. The summed E-state index contributed by atoms with van der Waals surface area (Å²) in [5, 5.41) is 13.1. The highest BCUT2D eigenvalue weighted by molar-refractivity contribution is 9.09. The summed E-state index contributed by atoms with van der Waals surface area (Å²) in [4.78, 5) is 11.7. The lowest BCUT2D eigenvalue weighted by Gasteiger charge is -2.05. The van der Waals surface area contributed by atoms with Crippen molar-refractivity contribution in [2.24, 2.45) is 0 Å². The van der Waals surface area contributed by atoms with Crippen molar-refractivity contribution in [3.8, 4) is 5.75 Å². The molecule has 0 spiro atoms. The van der Waals surface area contributed by atoms with Gasteiger partial charge >= 0.3 is 0 Å². The Morgan fingerprint density at radius 3 is 2.71 bits per heavy atom. The topological polar surface area (TPSA) is 49.3 Å². The first-order valence-corrected chi connectivity index (χ1v) is 6.99. The molecule has 1 aromatic rings. The quantitative estimate of drug-likeness (QED) is 0.600. The Bertz CT molecular complexity index is 355. The SMILES string of the molecule is O=C(NCCCCCCBr)c1cccc(O)c1. The number of hydrogen-bond acceptors (Lipinski definition) is 2. The van der Waals surface area contributed by atoms with Crippen LogP contribution in [0.25, 0.3) is 0 Å². The van der Waals surface area contributed by atoms with Crippen LogP contribution in [0.15, 0.2) is 24.3 Å². The van der Waals surface area contributed by atoms with Crippen LogP contribution in [0.4, 0.5) is 0 Å². The first-order valence-electron chi connectivity index (χ1n) is 5.87. The summed E-state index contributed by atoms with van der Waals surface area (Å²) in [6, 6.07) is 6.39. The summed E-state index contributed by atoms with van der Waals surface area (Å²) >= 11 is 3.39. The summed E-state index contributed by atoms with van der Waals surface area (Å²) in [6.07, 6.45) is 4.50. The van der Waals surface area contributed by atoms with Crippen LogP contribution in [0.5, 0.6) is 5.75 Å². The highest BCUT2D eigenvalue weighted by Gasteiger charge is 2.04. The summed E-state index contributed by atoms with van der Waals surface area (Å²) < 4.78 is 0. The minimum absolute atomic E-state index is 0.120. The van der Waals surface area contributed by atoms with Crippen LogP contribution in [-0.2, 0) is 0 Å². The van der Waals surface area contributed by atoms with Crippen molar-refractivity contribution in [1.29, 1.82) is 0 Å². The number of phenolic OH excluding ortho intramolecular Hbond substituents is 1. The Kier molecular flexibility index (Phi) is 6.70. The van der Waals surface area contributed by atoms with Gasteiger partial charge in [0.15, 0.2) is 0 Å². The molecule has 0 saturated heterocycles. The summed E-state index contributed by atoms with van der Waals surface area (Å²) in [7, 11) is 0. The van der Waals surface area contributed by atoms with E-state index < -0.39 is 0 Å². The van der Waals surface area contributed by atoms with Gasteiger partial charge in [-0.05, 0) is 31.0 Å². The van der Waals surface area contributed by atoms with Gasteiger partial charge in [0, 0.05) is 17.4 Å². The van der Waals surface area contributed by atoms with E-state index in [1.54, 1.807) is 18.2 Å². The summed E-state index contributed by atoms with van der Waals surface area (Å²) in [5.74, 6) is -0.00337. The maximum Gasteiger partial charge on any atom is 0.251 e. The number of phenols is 1. The Hall–Kier alpha value is -1.03. The van der Waals surface area contributed by atoms with Crippen LogP contribution in [0.3, 0.4) is 0 Å². The number of hydrogen-bond donors (Lipinski definition) is 2. The van der Waals surface area contributed by atoms with E-state index >= 15 is 0 Å². The molecule has 4 heteroatoms. The molecule has 1 aromatic carbocycles. The van der Waals surface area contributed by atoms with Crippen molar-refractivity contribution in [3.63, 3.8) is 0 Å². The van der Waals surface area contributed by atoms with Crippen LogP contribution in [0, 0.1) is 0 Å². The predicted molar refractivity (Wildman–Crippen MR) is 72.7 cm³/mol. The molecule has 0 unspecified atom stereocenters. The number of carbonyl (C=O) groups excluding carboxylic acids is 1. The first-order chi connectivity index (χ1) is 8.24. The van der Waals surface area contributed by atoms with Gasteiger partial charge in [-0.2, -0.15) is 0 Å². The molecule has 0 saturated carbocycles. The van der Waals surface area contributed by atoms with Gasteiger partial charge in [0.05, 0.1) is 0 Å². The fourth-order valence-electron chi connectivity index (χ4n) is 1.52. The van der Waals surface area contributed by atoms with Gasteiger partial charge < -0.3 is 10.4 Å². The van der Waals surface area contributed by atoms with Crippen molar-refractivity contribution < 1.29 is 9.90 Å². The number of carbonyl (C=O) groups is 1. The molecule has 0 fully saturated rings. The molecule has 1 amide bonds. The zero-order valence-corrected chi connectivity index (χ0v) is 11.4. The Morgan fingerprint density at radius 2 is 2.00 bits per heavy atom. The normalized spacial score (nSPS) is 10.2. The largest absolute Gasteiger partial charge is 0.508 e. The summed E-state index contributed by atoms with van der Waals surface area (Å²) in [5.41, 5.74) is 0.505. The smallest absolute Gasteiger partial charge is 0.251 e. The van der Waals surface area contributed by atoms with Crippen LogP contribution in [-0.4, -0.2) is 22.9 Å². The number of benzene rings is 1. The second kappa shape index (κ2) is 8.12. The van der Waals surface area contributed by atoms with Crippen molar-refractivity contribution >= 4 is 21.8 Å². The molecular formula is C13H18BrNO2. The van der Waals surface area contributed by atoms with Gasteiger partial charge in [-0.1, -0.05) is 34.8 Å². The third kappa shape index (κ3) is 5.73. The van der Waals surface area contributed by atoms with E-state index in [4.69, 9.17) is 0 Å². The molecule has 2 N–H and O–H groups in total. The van der Waals surface area contributed by atoms with Crippen LogP contribution in [0.2, 0.25) is 0 Å². The number of amides is 1. The fraction of sp³-hybridized carbons (Fsp3) is 0.462. The van der Waals surface area contributed by atoms with E-state index in [1.165, 1.54) is 18.9 Å². The molecule has 0 aliphatic heterocycles. The average molecular weight is 300 g/mol. The van der Waals surface area contributed by atoms with E-state index in [0.29, 0.717) is 12.1 Å². The first kappa shape index (κ1) is 14.0. The van der Waals surface area contributed by atoms with Gasteiger partial charge in [0.25, 0.3) is 5.91 Å². The molecule has 17 heavy (non-hydrogen) atoms. The maximum atomic E-state index is 11.7. The second-order valence-corrected chi connectivity index (χ2v) is 4.70. The number of nitrogens with one attached hydrogen (secondary N) is 1. The maximum absolute atomic E-state index is 11.7. The Labute approximate surface area is 110 Å². The molecule has 0 radical (unpaired) electrons. The molecule has 3 nitrogen and oxygen atoms in total. The lowest BCUT2D eigenvalue weighted by atomic mass is 10.2. The number of unbranched alkanes of at least 4 members (excludes halogenated alkanes) is 3. The van der Waals surface area contributed by atoms with E-state index in [1.807, 2.05) is 0 Å². The fourth-order valence-corrected chi connectivity index (χ4v) is 1.92. The van der Waals surface area contributed by atoms with Crippen LogP contribution < -0.4 is 5.32 Å². The van der Waals surface area contributed by atoms with E-state index in [0.717, 1.165) is 18.2 Å². The average Bonchev–Trinajstić information content (AvgIpc) is 2.33. The second-order valence-electron chi connectivity index (χ2n) is 3.91. The minimum Gasteiger partial charge on any atom is -0.508 e. The van der Waals surface area contributed by atoms with Crippen molar-refractivity contribution in [2.45, 2.75) is 25.7 Å². The highest BCUT2D eigenvalue weighted by atomic mass is 79.9. The molecule has 0 heterocycles. The van der Waals surface area contributed by atoms with Crippen molar-refractivity contribution in [1.82, 2.24) is 5.32 Å². The lowest BCUT2D eigenvalue weighted by Crippen LogP contribution is -2.24. The van der Waals surface area contributed by atoms with Gasteiger partial charge in [-0.15, -0.1) is 0 Å². The number of rotatable bonds is 7. The molecule has 0 aliphatic rings. The zero-order valence-electron chi connectivity index (χ0n) is 9.79. The Balaban J connectivity index is 2.21. The molecule has 1 rings (SSSR count). The molecule has 0 bridgehead atoms. The highest BCUT2D eigenvalue weighted by Crippen LogP contribution is 2.10. The summed E-state index contributed by atoms with van der Waals surface area (Å²) in [6.45, 7) is 0.691. The number of alkyl halides is 1. The molecule has 0 aliphatic carbocycles. The monoisotopic (exact) mass is 299 g/mol.